The van der Waals surface area contributed by atoms with E-state index in [0.717, 1.165) is 92.6 Å². The molecule has 16 heteroatoms. The lowest BCUT2D eigenvalue weighted by atomic mass is 9.81. The summed E-state index contributed by atoms with van der Waals surface area (Å²) in [6.07, 6.45) is 8.46. The first-order valence-electron chi connectivity index (χ1n) is 22.0. The zero-order valence-corrected chi connectivity index (χ0v) is 36.2. The molecule has 2 aliphatic carbocycles. The van der Waals surface area contributed by atoms with Gasteiger partial charge in [-0.2, -0.15) is 5.21 Å². The van der Waals surface area contributed by atoms with Gasteiger partial charge < -0.3 is 30.7 Å². The number of aromatic nitrogens is 5. The Morgan fingerprint density at radius 2 is 1.60 bits per heavy atom. The largest absolute Gasteiger partial charge is 0.444 e. The number of nitrogens with one attached hydrogen (secondary N) is 5. The first kappa shape index (κ1) is 44.3. The molecular formula is C46H60N10O6. The standard InChI is InChI=1S/C46H60N10O6/c1-29-25-39(43(58)49-36-17-19-37(20-18-36)56-21-23-61-24-22-56)47-28-38(29)32-9-5-30(6-10-32)26-40(44(59)50-35-15-13-33(14-16-35)41-52-54-55-53-41)51-42(57)34-11-7-31(8-12-34)27-48-45(60)62-46(2,3)4/h5-6,9-10,13-16,25,28,31,34,36-37,40H,7-8,11-12,17-24,26-27H2,1-4H3,(H,48,60)(H,49,58)(H,50,59)(H,51,57)(H,52,53,54,55). The van der Waals surface area contributed by atoms with Crippen LogP contribution in [0.15, 0.2) is 60.8 Å². The Hall–Kier alpha value is -5.74. The van der Waals surface area contributed by atoms with Gasteiger partial charge in [-0.15, -0.1) is 10.2 Å². The maximum Gasteiger partial charge on any atom is 0.407 e. The van der Waals surface area contributed by atoms with Crippen LogP contribution >= 0.6 is 0 Å². The van der Waals surface area contributed by atoms with Gasteiger partial charge in [0.1, 0.15) is 17.3 Å². The highest BCUT2D eigenvalue weighted by Crippen LogP contribution is 2.30. The number of hydrogen-bond donors (Lipinski definition) is 5. The van der Waals surface area contributed by atoms with Crippen molar-refractivity contribution in [2.45, 2.75) is 109 Å². The average Bonchev–Trinajstić information content (AvgIpc) is 3.82. The third kappa shape index (κ3) is 12.2. The number of anilines is 1. The van der Waals surface area contributed by atoms with E-state index in [1.165, 1.54) is 0 Å². The zero-order chi connectivity index (χ0) is 43.6. The molecule has 0 spiro atoms. The number of tetrazole rings is 1. The molecule has 5 N–H and O–H groups in total. The van der Waals surface area contributed by atoms with Gasteiger partial charge in [0.25, 0.3) is 5.91 Å². The molecule has 3 heterocycles. The van der Waals surface area contributed by atoms with Crippen LogP contribution in [0.2, 0.25) is 0 Å². The second-order valence-corrected chi connectivity index (χ2v) is 17.9. The first-order valence-corrected chi connectivity index (χ1v) is 22.0. The van der Waals surface area contributed by atoms with Crippen molar-refractivity contribution in [3.63, 3.8) is 0 Å². The molecule has 2 saturated carbocycles. The molecule has 4 aromatic rings. The normalized spacial score (nSPS) is 21.3. The molecule has 330 valence electrons. The van der Waals surface area contributed by atoms with Crippen LogP contribution in [0.4, 0.5) is 10.5 Å². The van der Waals surface area contributed by atoms with E-state index in [1.54, 1.807) is 30.5 Å². The van der Waals surface area contributed by atoms with Crippen LogP contribution < -0.4 is 21.3 Å². The number of carbonyl (C=O) groups is 4. The Bertz CT molecular complexity index is 2120. The van der Waals surface area contributed by atoms with E-state index in [4.69, 9.17) is 9.47 Å². The topological polar surface area (TPSA) is 205 Å². The molecule has 7 rings (SSSR count). The van der Waals surface area contributed by atoms with Crippen molar-refractivity contribution in [2.24, 2.45) is 11.8 Å². The summed E-state index contributed by atoms with van der Waals surface area (Å²) in [7, 11) is 0. The molecule has 3 fully saturated rings. The van der Waals surface area contributed by atoms with Gasteiger partial charge in [0.05, 0.1) is 13.2 Å². The first-order chi connectivity index (χ1) is 29.9. The van der Waals surface area contributed by atoms with Gasteiger partial charge in [0.2, 0.25) is 17.6 Å². The van der Waals surface area contributed by atoms with Gasteiger partial charge in [-0.1, -0.05) is 24.3 Å². The van der Waals surface area contributed by atoms with E-state index in [2.05, 4.69) is 51.8 Å². The molecule has 1 atom stereocenters. The van der Waals surface area contributed by atoms with Crippen LogP contribution in [-0.2, 0) is 25.5 Å². The number of morpholine rings is 1. The number of rotatable bonds is 13. The van der Waals surface area contributed by atoms with E-state index in [9.17, 15) is 19.2 Å². The number of aryl methyl sites for hydroxylation is 1. The molecule has 0 bridgehead atoms. The lowest BCUT2D eigenvalue weighted by molar-refractivity contribution is -0.130. The van der Waals surface area contributed by atoms with Gasteiger partial charge >= 0.3 is 6.09 Å². The molecule has 4 amide bonds. The van der Waals surface area contributed by atoms with Crippen molar-refractivity contribution in [1.29, 1.82) is 0 Å². The van der Waals surface area contributed by atoms with Crippen molar-refractivity contribution in [3.8, 4) is 22.5 Å². The van der Waals surface area contributed by atoms with Crippen LogP contribution in [0.25, 0.3) is 22.5 Å². The summed E-state index contributed by atoms with van der Waals surface area (Å²) < 4.78 is 10.9. The number of carbonyl (C=O) groups excluding carboxylic acids is 4. The minimum absolute atomic E-state index is 0.142. The van der Waals surface area contributed by atoms with Gasteiger partial charge in [0, 0.05) is 67.1 Å². The molecule has 2 aromatic heterocycles. The predicted octanol–water partition coefficient (Wildman–Crippen LogP) is 5.61. The molecule has 62 heavy (non-hydrogen) atoms. The van der Waals surface area contributed by atoms with Crippen molar-refractivity contribution < 1.29 is 28.7 Å². The smallest absolute Gasteiger partial charge is 0.407 e. The predicted molar refractivity (Wildman–Crippen MR) is 234 cm³/mol. The Morgan fingerprint density at radius 1 is 0.903 bits per heavy atom. The second kappa shape index (κ2) is 20.4. The SMILES string of the molecule is Cc1cc(C(=O)NC2CCC(N3CCOCC3)CC2)ncc1-c1ccc(CC(NC(=O)C2CCC(CNC(=O)OC(C)(C)C)CC2)C(=O)Nc2ccc(-c3nn[nH]n3)cc2)cc1. The van der Waals surface area contributed by atoms with Crippen LogP contribution in [0, 0.1) is 18.8 Å². The number of hydrogen-bond acceptors (Lipinski definition) is 11. The number of nitrogens with zero attached hydrogens (tertiary/aromatic N) is 5. The summed E-state index contributed by atoms with van der Waals surface area (Å²) >= 11 is 0. The fraction of sp³-hybridized carbons (Fsp3) is 0.522. The Kier molecular flexibility index (Phi) is 14.6. The molecule has 1 unspecified atom stereocenters. The second-order valence-electron chi connectivity index (χ2n) is 17.9. The maximum atomic E-state index is 13.9. The Labute approximate surface area is 363 Å². The summed E-state index contributed by atoms with van der Waals surface area (Å²) in [5.41, 5.74) is 4.75. The summed E-state index contributed by atoms with van der Waals surface area (Å²) in [6, 6.07) is 16.6. The lowest BCUT2D eigenvalue weighted by Gasteiger charge is -2.38. The van der Waals surface area contributed by atoms with Crippen molar-refractivity contribution in [2.75, 3.05) is 38.2 Å². The number of benzene rings is 2. The molecule has 3 aliphatic rings. The van der Waals surface area contributed by atoms with Gasteiger partial charge in [-0.25, -0.2) is 4.79 Å². The fourth-order valence-corrected chi connectivity index (χ4v) is 8.71. The van der Waals surface area contributed by atoms with Crippen molar-refractivity contribution in [1.82, 2.24) is 46.5 Å². The third-order valence-electron chi connectivity index (χ3n) is 12.2. The highest BCUT2D eigenvalue weighted by atomic mass is 16.6. The van der Waals surface area contributed by atoms with E-state index in [0.29, 0.717) is 42.6 Å². The van der Waals surface area contributed by atoms with Crippen LogP contribution in [0.1, 0.15) is 93.8 Å². The third-order valence-corrected chi connectivity index (χ3v) is 12.2. The molecule has 16 nitrogen and oxygen atoms in total. The minimum Gasteiger partial charge on any atom is -0.444 e. The summed E-state index contributed by atoms with van der Waals surface area (Å²) in [4.78, 5) is 60.2. The number of ether oxygens (including phenoxy) is 2. The summed E-state index contributed by atoms with van der Waals surface area (Å²) in [5, 5.41) is 26.2. The van der Waals surface area contributed by atoms with E-state index < -0.39 is 17.7 Å². The lowest BCUT2D eigenvalue weighted by Crippen LogP contribution is -2.48. The number of amides is 4. The molecule has 1 saturated heterocycles. The Balaban J connectivity index is 0.963. The Morgan fingerprint density at radius 3 is 2.24 bits per heavy atom. The fourth-order valence-electron chi connectivity index (χ4n) is 8.71. The summed E-state index contributed by atoms with van der Waals surface area (Å²) in [5.74, 6) is -0.240. The average molecular weight is 849 g/mol. The van der Waals surface area contributed by atoms with Gasteiger partial charge in [0.15, 0.2) is 0 Å². The number of aromatic amines is 1. The van der Waals surface area contributed by atoms with Crippen molar-refractivity contribution in [3.05, 3.63) is 77.6 Å². The van der Waals surface area contributed by atoms with E-state index in [1.807, 2.05) is 58.0 Å². The van der Waals surface area contributed by atoms with Crippen molar-refractivity contribution >= 4 is 29.5 Å². The van der Waals surface area contributed by atoms with E-state index >= 15 is 0 Å². The van der Waals surface area contributed by atoms with Crippen LogP contribution in [0.5, 0.6) is 0 Å². The number of alkyl carbamates (subject to hydrolysis) is 1. The summed E-state index contributed by atoms with van der Waals surface area (Å²) in [6.45, 7) is 11.5. The molecular weight excluding hydrogens is 789 g/mol. The maximum absolute atomic E-state index is 13.9. The molecule has 0 radical (unpaired) electrons. The van der Waals surface area contributed by atoms with Gasteiger partial charge in [-0.3, -0.25) is 24.3 Å². The zero-order valence-electron chi connectivity index (χ0n) is 36.2. The number of pyridine rings is 1. The monoisotopic (exact) mass is 848 g/mol. The molecule has 2 aromatic carbocycles. The highest BCUT2D eigenvalue weighted by Gasteiger charge is 2.31. The quantitative estimate of drug-likeness (QED) is 0.112. The molecule has 1 aliphatic heterocycles. The van der Waals surface area contributed by atoms with Crippen LogP contribution in [0.3, 0.4) is 0 Å². The van der Waals surface area contributed by atoms with E-state index in [-0.39, 0.29) is 42.0 Å². The minimum atomic E-state index is -0.854. The highest BCUT2D eigenvalue weighted by molar-refractivity contribution is 5.98. The van der Waals surface area contributed by atoms with Gasteiger partial charge in [-0.05, 0) is 137 Å². The number of H-pyrrole nitrogens is 1. The van der Waals surface area contributed by atoms with Crippen LogP contribution in [-0.4, -0.2) is 111 Å².